The van der Waals surface area contributed by atoms with Crippen LogP contribution in [0.1, 0.15) is 37.6 Å². The lowest BCUT2D eigenvalue weighted by Crippen LogP contribution is -2.12. The Hall–Kier alpha value is -3.28. The van der Waals surface area contributed by atoms with Crippen LogP contribution in [-0.2, 0) is 11.2 Å². The van der Waals surface area contributed by atoms with Gasteiger partial charge in [0.25, 0.3) is 0 Å². The van der Waals surface area contributed by atoms with Gasteiger partial charge in [0, 0.05) is 30.2 Å². The summed E-state index contributed by atoms with van der Waals surface area (Å²) in [5.41, 5.74) is 2.90. The second kappa shape index (κ2) is 9.28. The molecule has 0 atom stereocenters. The Bertz CT molecular complexity index is 961. The zero-order valence-electron chi connectivity index (χ0n) is 17.2. The molecular formula is C23H26N2O4. The highest BCUT2D eigenvalue weighted by Crippen LogP contribution is 2.30. The predicted octanol–water partition coefficient (Wildman–Crippen LogP) is 5.05. The van der Waals surface area contributed by atoms with Crippen molar-refractivity contribution in [2.24, 2.45) is 0 Å². The second-order valence-electron chi connectivity index (χ2n) is 7.01. The van der Waals surface area contributed by atoms with Gasteiger partial charge < -0.3 is 19.2 Å². The first kappa shape index (κ1) is 20.5. The summed E-state index contributed by atoms with van der Waals surface area (Å²) in [6, 6.07) is 13.5. The van der Waals surface area contributed by atoms with E-state index >= 15 is 0 Å². The molecule has 0 aliphatic rings. The van der Waals surface area contributed by atoms with Gasteiger partial charge >= 0.3 is 0 Å². The Morgan fingerprint density at radius 1 is 1.07 bits per heavy atom. The van der Waals surface area contributed by atoms with Crippen LogP contribution in [0.25, 0.3) is 11.3 Å². The van der Waals surface area contributed by atoms with E-state index in [2.05, 4.69) is 36.3 Å². The van der Waals surface area contributed by atoms with Crippen molar-refractivity contribution in [2.45, 2.75) is 32.6 Å². The van der Waals surface area contributed by atoms with Gasteiger partial charge in [-0.15, -0.1) is 0 Å². The maximum atomic E-state index is 12.3. The van der Waals surface area contributed by atoms with Gasteiger partial charge in [0.1, 0.15) is 0 Å². The van der Waals surface area contributed by atoms with Crippen molar-refractivity contribution in [3.63, 3.8) is 0 Å². The Morgan fingerprint density at radius 3 is 2.45 bits per heavy atom. The Kier molecular flexibility index (Phi) is 6.54. The number of ether oxygens (including phenoxy) is 2. The first-order chi connectivity index (χ1) is 14.0. The summed E-state index contributed by atoms with van der Waals surface area (Å²) < 4.78 is 16.3. The number of aromatic nitrogens is 1. The number of amides is 1. The maximum Gasteiger partial charge on any atom is 0.224 e. The summed E-state index contributed by atoms with van der Waals surface area (Å²) in [6.07, 6.45) is 2.38. The zero-order valence-corrected chi connectivity index (χ0v) is 17.2. The topological polar surface area (TPSA) is 73.6 Å². The number of aryl methyl sites for hydroxylation is 1. The van der Waals surface area contributed by atoms with Crippen LogP contribution in [0.5, 0.6) is 11.5 Å². The predicted molar refractivity (Wildman–Crippen MR) is 113 cm³/mol. The first-order valence-corrected chi connectivity index (χ1v) is 9.57. The van der Waals surface area contributed by atoms with E-state index in [0.29, 0.717) is 41.2 Å². The van der Waals surface area contributed by atoms with Gasteiger partial charge in [0.15, 0.2) is 23.1 Å². The molecule has 0 aliphatic carbocycles. The summed E-state index contributed by atoms with van der Waals surface area (Å²) in [7, 11) is 3.12. The number of oxazole rings is 1. The summed E-state index contributed by atoms with van der Waals surface area (Å²) in [5.74, 6) is 2.77. The molecule has 0 unspecified atom stereocenters. The molecule has 3 aromatic rings. The number of hydrogen-bond donors (Lipinski definition) is 1. The third-order valence-corrected chi connectivity index (χ3v) is 4.65. The van der Waals surface area contributed by atoms with E-state index in [1.807, 2.05) is 12.1 Å². The summed E-state index contributed by atoms with van der Waals surface area (Å²) >= 11 is 0. The number of rotatable bonds is 8. The second-order valence-corrected chi connectivity index (χ2v) is 7.01. The smallest absolute Gasteiger partial charge is 0.224 e. The number of nitrogens with one attached hydrogen (secondary N) is 1. The highest BCUT2D eigenvalue weighted by molar-refractivity contribution is 5.91. The molecular weight excluding hydrogens is 368 g/mol. The minimum Gasteiger partial charge on any atom is -0.493 e. The van der Waals surface area contributed by atoms with Crippen LogP contribution in [0, 0.1) is 0 Å². The van der Waals surface area contributed by atoms with Crippen LogP contribution in [-0.4, -0.2) is 25.1 Å². The fourth-order valence-electron chi connectivity index (χ4n) is 2.95. The van der Waals surface area contributed by atoms with Gasteiger partial charge in [-0.3, -0.25) is 4.79 Å². The molecule has 1 heterocycles. The minimum absolute atomic E-state index is 0.127. The largest absolute Gasteiger partial charge is 0.493 e. The molecule has 152 valence electrons. The summed E-state index contributed by atoms with van der Waals surface area (Å²) in [5, 5.41) is 2.85. The third-order valence-electron chi connectivity index (χ3n) is 4.65. The highest BCUT2D eigenvalue weighted by atomic mass is 16.5. The first-order valence-electron chi connectivity index (χ1n) is 9.57. The number of methoxy groups -OCH3 is 2. The number of hydrogen-bond acceptors (Lipinski definition) is 5. The summed E-state index contributed by atoms with van der Waals surface area (Å²) in [4.78, 5) is 16.6. The van der Waals surface area contributed by atoms with Gasteiger partial charge in [-0.05, 0) is 23.6 Å². The SMILES string of the molecule is COc1ccc(NC(=O)CCc2ncc(-c3ccc(C(C)C)cc3)o2)cc1OC. The van der Waals surface area contributed by atoms with Crippen LogP contribution in [0.15, 0.2) is 53.1 Å². The van der Waals surface area contributed by atoms with E-state index in [4.69, 9.17) is 13.9 Å². The molecule has 0 spiro atoms. The molecule has 0 radical (unpaired) electrons. The molecule has 0 saturated carbocycles. The van der Waals surface area contributed by atoms with Gasteiger partial charge in [0.05, 0.1) is 20.4 Å². The van der Waals surface area contributed by atoms with Gasteiger partial charge in [0.2, 0.25) is 5.91 Å². The van der Waals surface area contributed by atoms with Gasteiger partial charge in [-0.25, -0.2) is 4.98 Å². The normalized spacial score (nSPS) is 10.8. The number of carbonyl (C=O) groups is 1. The van der Waals surface area contributed by atoms with Crippen LogP contribution in [0.3, 0.4) is 0 Å². The minimum atomic E-state index is -0.127. The standard InChI is InChI=1S/C23H26N2O4/c1-15(2)16-5-7-17(8-6-16)21-14-24-23(29-21)12-11-22(26)25-18-9-10-19(27-3)20(13-18)28-4/h5-10,13-15H,11-12H2,1-4H3,(H,25,26). The van der Waals surface area contributed by atoms with E-state index in [9.17, 15) is 4.79 Å². The Balaban J connectivity index is 1.57. The Labute approximate surface area is 170 Å². The van der Waals surface area contributed by atoms with Crippen molar-refractivity contribution in [2.75, 3.05) is 19.5 Å². The molecule has 6 nitrogen and oxygen atoms in total. The summed E-state index contributed by atoms with van der Waals surface area (Å²) in [6.45, 7) is 4.32. The van der Waals surface area contributed by atoms with Crippen molar-refractivity contribution in [1.82, 2.24) is 4.98 Å². The molecule has 29 heavy (non-hydrogen) atoms. The van der Waals surface area contributed by atoms with Crippen molar-refractivity contribution in [1.29, 1.82) is 0 Å². The lowest BCUT2D eigenvalue weighted by molar-refractivity contribution is -0.116. The molecule has 0 fully saturated rings. The lowest BCUT2D eigenvalue weighted by atomic mass is 10.0. The van der Waals surface area contributed by atoms with Crippen molar-refractivity contribution in [3.05, 3.63) is 60.1 Å². The molecule has 0 aliphatic heterocycles. The fraction of sp³-hybridized carbons (Fsp3) is 0.304. The molecule has 1 aromatic heterocycles. The molecule has 0 bridgehead atoms. The quantitative estimate of drug-likeness (QED) is 0.578. The van der Waals surface area contributed by atoms with Gasteiger partial charge in [-0.2, -0.15) is 0 Å². The lowest BCUT2D eigenvalue weighted by Gasteiger charge is -2.10. The van der Waals surface area contributed by atoms with Crippen LogP contribution in [0.4, 0.5) is 5.69 Å². The van der Waals surface area contributed by atoms with E-state index in [1.54, 1.807) is 38.6 Å². The van der Waals surface area contributed by atoms with E-state index in [-0.39, 0.29) is 12.3 Å². The van der Waals surface area contributed by atoms with E-state index in [0.717, 1.165) is 5.56 Å². The van der Waals surface area contributed by atoms with Crippen LogP contribution < -0.4 is 14.8 Å². The van der Waals surface area contributed by atoms with Gasteiger partial charge in [-0.1, -0.05) is 38.1 Å². The number of nitrogens with zero attached hydrogens (tertiary/aromatic N) is 1. The third kappa shape index (κ3) is 5.16. The molecule has 1 N–H and O–H groups in total. The van der Waals surface area contributed by atoms with Crippen molar-refractivity contribution < 1.29 is 18.7 Å². The van der Waals surface area contributed by atoms with E-state index in [1.165, 1.54) is 5.56 Å². The number of carbonyl (C=O) groups excluding carboxylic acids is 1. The van der Waals surface area contributed by atoms with Crippen molar-refractivity contribution in [3.8, 4) is 22.8 Å². The maximum absolute atomic E-state index is 12.3. The average molecular weight is 394 g/mol. The average Bonchev–Trinajstić information content (AvgIpc) is 3.21. The number of anilines is 1. The van der Waals surface area contributed by atoms with E-state index < -0.39 is 0 Å². The van der Waals surface area contributed by atoms with Crippen LogP contribution >= 0.6 is 0 Å². The van der Waals surface area contributed by atoms with Crippen LogP contribution in [0.2, 0.25) is 0 Å². The molecule has 3 rings (SSSR count). The highest BCUT2D eigenvalue weighted by Gasteiger charge is 2.11. The fourth-order valence-corrected chi connectivity index (χ4v) is 2.95. The molecule has 2 aromatic carbocycles. The molecule has 6 heteroatoms. The molecule has 0 saturated heterocycles. The molecule has 1 amide bonds. The Morgan fingerprint density at radius 2 is 1.79 bits per heavy atom. The zero-order chi connectivity index (χ0) is 20.8. The number of benzene rings is 2. The monoisotopic (exact) mass is 394 g/mol. The van der Waals surface area contributed by atoms with Crippen molar-refractivity contribution >= 4 is 11.6 Å².